The molecule has 0 aliphatic rings. The van der Waals surface area contributed by atoms with Crippen LogP contribution in [0.25, 0.3) is 0 Å². The molecule has 0 aromatic heterocycles. The molecule has 0 aliphatic carbocycles. The van der Waals surface area contributed by atoms with E-state index in [9.17, 15) is 0 Å². The van der Waals surface area contributed by atoms with Crippen molar-refractivity contribution in [3.63, 3.8) is 0 Å². The van der Waals surface area contributed by atoms with Gasteiger partial charge in [0.05, 0.1) is 0 Å². The van der Waals surface area contributed by atoms with Gasteiger partial charge in [0.25, 0.3) is 0 Å². The molecular weight excluding hydrogens is 144 g/mol. The average Bonchev–Trinajstić information content (AvgIpc) is 2.05. The standard InChI is InChI=1S/C5H6N6/c6-1-4(8)5(2-7)10-3-11-9/h3H,8-9H2,(H,10,11)/b5-4-. The summed E-state index contributed by atoms with van der Waals surface area (Å²) in [5.74, 6) is 4.82. The first kappa shape index (κ1) is 8.95. The molecule has 0 saturated heterocycles. The Labute approximate surface area is 63.4 Å². The highest BCUT2D eigenvalue weighted by Gasteiger charge is 1.96. The molecule has 0 atom stereocenters. The van der Waals surface area contributed by atoms with Crippen LogP contribution in [0.3, 0.4) is 0 Å². The van der Waals surface area contributed by atoms with Gasteiger partial charge in [-0.3, -0.25) is 0 Å². The van der Waals surface area contributed by atoms with E-state index in [1.807, 2.05) is 0 Å². The number of hydrogen-bond donors (Lipinski definition) is 3. The fourth-order valence-corrected chi connectivity index (χ4v) is 0.313. The maximum atomic E-state index is 8.33. The third kappa shape index (κ3) is 2.84. The Kier molecular flexibility index (Phi) is 3.90. The molecule has 6 nitrogen and oxygen atoms in total. The van der Waals surface area contributed by atoms with Gasteiger partial charge in [0.15, 0.2) is 5.70 Å². The van der Waals surface area contributed by atoms with Crippen LogP contribution in [0, 0.1) is 22.7 Å². The molecule has 0 radical (unpaired) electrons. The fraction of sp³-hybridized carbons (Fsp3) is 0. The minimum absolute atomic E-state index is 0.162. The second-order valence-electron chi connectivity index (χ2n) is 1.41. The van der Waals surface area contributed by atoms with Crippen LogP contribution < -0.4 is 17.0 Å². The lowest BCUT2D eigenvalue weighted by molar-refractivity contribution is 1.05. The van der Waals surface area contributed by atoms with Crippen molar-refractivity contribution in [1.82, 2.24) is 5.43 Å². The summed E-state index contributed by atoms with van der Waals surface area (Å²) < 4.78 is 0. The molecule has 56 valence electrons. The summed E-state index contributed by atoms with van der Waals surface area (Å²) in [5.41, 5.74) is 6.75. The van der Waals surface area contributed by atoms with E-state index >= 15 is 0 Å². The zero-order valence-corrected chi connectivity index (χ0v) is 5.57. The third-order valence-corrected chi connectivity index (χ3v) is 0.750. The number of nitrogens with zero attached hydrogens (tertiary/aromatic N) is 3. The zero-order chi connectivity index (χ0) is 8.69. The molecule has 0 heterocycles. The Morgan fingerprint density at radius 2 is 2.09 bits per heavy atom. The molecule has 5 N–H and O–H groups in total. The Morgan fingerprint density at radius 3 is 2.45 bits per heavy atom. The summed E-state index contributed by atoms with van der Waals surface area (Å²) >= 11 is 0. The van der Waals surface area contributed by atoms with Crippen LogP contribution >= 0.6 is 0 Å². The molecule has 6 heteroatoms. The highest BCUT2D eigenvalue weighted by Crippen LogP contribution is 1.95. The maximum Gasteiger partial charge on any atom is 0.175 e. The number of nitriles is 2. The van der Waals surface area contributed by atoms with Gasteiger partial charge in [-0.05, 0) is 0 Å². The number of hydrazine groups is 1. The summed E-state index contributed by atoms with van der Waals surface area (Å²) in [6.07, 6.45) is 1.06. The average molecular weight is 150 g/mol. The fourth-order valence-electron chi connectivity index (χ4n) is 0.313. The molecule has 11 heavy (non-hydrogen) atoms. The van der Waals surface area contributed by atoms with E-state index < -0.39 is 0 Å². The number of nitrogens with one attached hydrogen (secondary N) is 1. The van der Waals surface area contributed by atoms with E-state index in [0.29, 0.717) is 0 Å². The minimum atomic E-state index is -0.237. The molecule has 0 aromatic carbocycles. The molecule has 0 amide bonds. The van der Waals surface area contributed by atoms with Crippen molar-refractivity contribution < 1.29 is 0 Å². The van der Waals surface area contributed by atoms with Gasteiger partial charge in [-0.1, -0.05) is 0 Å². The maximum absolute atomic E-state index is 8.33. The van der Waals surface area contributed by atoms with Crippen molar-refractivity contribution in [2.24, 2.45) is 16.6 Å². The van der Waals surface area contributed by atoms with E-state index in [1.165, 1.54) is 0 Å². The Balaban J connectivity index is 4.60. The summed E-state index contributed by atoms with van der Waals surface area (Å²) in [5, 5.41) is 16.6. The Morgan fingerprint density at radius 1 is 1.45 bits per heavy atom. The number of rotatable bonds is 2. The van der Waals surface area contributed by atoms with Crippen LogP contribution in [-0.4, -0.2) is 6.34 Å². The lowest BCUT2D eigenvalue weighted by atomic mass is 10.4. The van der Waals surface area contributed by atoms with Gasteiger partial charge >= 0.3 is 0 Å². The van der Waals surface area contributed by atoms with Crippen molar-refractivity contribution >= 4 is 6.34 Å². The van der Waals surface area contributed by atoms with Gasteiger partial charge in [0, 0.05) is 0 Å². The van der Waals surface area contributed by atoms with Crippen LogP contribution in [0.2, 0.25) is 0 Å². The summed E-state index contributed by atoms with van der Waals surface area (Å²) in [4.78, 5) is 3.44. The summed E-state index contributed by atoms with van der Waals surface area (Å²) in [6.45, 7) is 0. The molecule has 0 bridgehead atoms. The van der Waals surface area contributed by atoms with E-state index in [-0.39, 0.29) is 11.4 Å². The van der Waals surface area contributed by atoms with Gasteiger partial charge < -0.3 is 11.2 Å². The first-order chi connectivity index (χ1) is 5.26. The van der Waals surface area contributed by atoms with Gasteiger partial charge in [0.2, 0.25) is 0 Å². The SMILES string of the molecule is N#C/C(N)=C(\C#N)N=CNN. The predicted octanol–water partition coefficient (Wildman–Crippen LogP) is -1.30. The minimum Gasteiger partial charge on any atom is -0.388 e. The molecule has 0 rings (SSSR count). The topological polar surface area (TPSA) is 124 Å². The highest BCUT2D eigenvalue weighted by molar-refractivity contribution is 5.57. The molecule has 0 aliphatic heterocycles. The van der Waals surface area contributed by atoms with E-state index in [1.54, 1.807) is 12.1 Å². The molecule has 0 saturated carbocycles. The number of hydrogen-bond acceptors (Lipinski definition) is 5. The lowest BCUT2D eigenvalue weighted by Gasteiger charge is -1.88. The van der Waals surface area contributed by atoms with E-state index in [0.717, 1.165) is 6.34 Å². The number of aliphatic imine (C=N–C) groups is 1. The van der Waals surface area contributed by atoms with Crippen LogP contribution in [-0.2, 0) is 0 Å². The van der Waals surface area contributed by atoms with Crippen LogP contribution in [0.4, 0.5) is 0 Å². The second-order valence-corrected chi connectivity index (χ2v) is 1.41. The van der Waals surface area contributed by atoms with Crippen LogP contribution in [0.15, 0.2) is 16.4 Å². The van der Waals surface area contributed by atoms with E-state index in [2.05, 4.69) is 10.4 Å². The van der Waals surface area contributed by atoms with Crippen molar-refractivity contribution in [3.05, 3.63) is 11.4 Å². The molecule has 0 spiro atoms. The first-order valence-electron chi connectivity index (χ1n) is 2.55. The van der Waals surface area contributed by atoms with Crippen molar-refractivity contribution in [3.8, 4) is 12.1 Å². The monoisotopic (exact) mass is 150 g/mol. The molecule has 0 unspecified atom stereocenters. The second kappa shape index (κ2) is 4.79. The van der Waals surface area contributed by atoms with Crippen molar-refractivity contribution in [2.45, 2.75) is 0 Å². The Bertz CT molecular complexity index is 262. The number of nitrogens with two attached hydrogens (primary N) is 2. The van der Waals surface area contributed by atoms with Gasteiger partial charge in [-0.15, -0.1) is 0 Å². The predicted molar refractivity (Wildman–Crippen MR) is 38.3 cm³/mol. The van der Waals surface area contributed by atoms with Gasteiger partial charge in [0.1, 0.15) is 24.2 Å². The molecule has 0 aromatic rings. The first-order valence-corrected chi connectivity index (χ1v) is 2.55. The Hall–Kier alpha value is -2.05. The third-order valence-electron chi connectivity index (χ3n) is 0.750. The van der Waals surface area contributed by atoms with Crippen LogP contribution in [0.5, 0.6) is 0 Å². The van der Waals surface area contributed by atoms with Gasteiger partial charge in [-0.2, -0.15) is 10.5 Å². The van der Waals surface area contributed by atoms with Gasteiger partial charge in [-0.25, -0.2) is 10.8 Å². The zero-order valence-electron chi connectivity index (χ0n) is 5.57. The summed E-state index contributed by atoms with van der Waals surface area (Å²) in [7, 11) is 0. The van der Waals surface area contributed by atoms with Crippen molar-refractivity contribution in [1.29, 1.82) is 10.5 Å². The van der Waals surface area contributed by atoms with E-state index in [4.69, 9.17) is 22.1 Å². The van der Waals surface area contributed by atoms with Crippen molar-refractivity contribution in [2.75, 3.05) is 0 Å². The largest absolute Gasteiger partial charge is 0.388 e. The molecular formula is C5H6N6. The number of allylic oxidation sites excluding steroid dienone is 2. The molecule has 0 fully saturated rings. The summed E-state index contributed by atoms with van der Waals surface area (Å²) in [6, 6.07) is 3.20. The highest BCUT2D eigenvalue weighted by atomic mass is 15.2. The quantitative estimate of drug-likeness (QED) is 0.148. The lowest BCUT2D eigenvalue weighted by Crippen LogP contribution is -2.19. The normalized spacial score (nSPS) is 11.5. The smallest absolute Gasteiger partial charge is 0.175 e. The van der Waals surface area contributed by atoms with Crippen LogP contribution in [0.1, 0.15) is 0 Å².